The topological polar surface area (TPSA) is 72.8 Å². The van der Waals surface area contributed by atoms with Crippen molar-refractivity contribution in [3.8, 4) is 0 Å². The van der Waals surface area contributed by atoms with Gasteiger partial charge in [-0.1, -0.05) is 15.9 Å². The molecule has 0 saturated heterocycles. The van der Waals surface area contributed by atoms with Crippen LogP contribution in [0, 0.1) is 0 Å². The van der Waals surface area contributed by atoms with Crippen LogP contribution in [0.5, 0.6) is 0 Å². The van der Waals surface area contributed by atoms with Crippen molar-refractivity contribution in [1.82, 2.24) is 4.90 Å². The first-order chi connectivity index (χ1) is 9.15. The summed E-state index contributed by atoms with van der Waals surface area (Å²) < 4.78 is 0.954. The average Bonchev–Trinajstić information content (AvgIpc) is 2.39. The molecule has 6 heteroatoms. The lowest BCUT2D eigenvalue weighted by molar-refractivity contribution is -0.117. The maximum Gasteiger partial charge on any atom is 0.238 e. The molecule has 1 aromatic rings. The molecule has 0 aromatic heterocycles. The van der Waals surface area contributed by atoms with E-state index in [4.69, 9.17) is 10.2 Å². The predicted octanol–water partition coefficient (Wildman–Crippen LogP) is 1.06. The summed E-state index contributed by atoms with van der Waals surface area (Å²) in [5.74, 6) is -0.131. The van der Waals surface area contributed by atoms with Gasteiger partial charge in [0.1, 0.15) is 0 Å². The van der Waals surface area contributed by atoms with E-state index in [1.54, 1.807) is 0 Å². The van der Waals surface area contributed by atoms with Crippen molar-refractivity contribution in [1.29, 1.82) is 0 Å². The number of anilines is 1. The minimum atomic E-state index is -0.131. The van der Waals surface area contributed by atoms with Crippen molar-refractivity contribution >= 4 is 27.5 Å². The van der Waals surface area contributed by atoms with Gasteiger partial charge in [-0.05, 0) is 30.7 Å². The number of hydrogen-bond acceptors (Lipinski definition) is 4. The number of nitrogens with one attached hydrogen (secondary N) is 1. The fourth-order valence-corrected chi connectivity index (χ4v) is 1.91. The summed E-state index contributed by atoms with van der Waals surface area (Å²) in [5, 5.41) is 20.5. The summed E-state index contributed by atoms with van der Waals surface area (Å²) in [5.41, 5.74) is 0.735. The van der Waals surface area contributed by atoms with E-state index in [0.29, 0.717) is 19.5 Å². The zero-order valence-electron chi connectivity index (χ0n) is 10.7. The third-order valence-electron chi connectivity index (χ3n) is 2.54. The normalized spacial score (nSPS) is 10.7. The van der Waals surface area contributed by atoms with Crippen LogP contribution in [0.4, 0.5) is 5.69 Å². The summed E-state index contributed by atoms with van der Waals surface area (Å²) in [6.45, 7) is 1.29. The zero-order valence-corrected chi connectivity index (χ0v) is 12.3. The van der Waals surface area contributed by atoms with Gasteiger partial charge in [-0.3, -0.25) is 9.69 Å². The monoisotopic (exact) mass is 330 g/mol. The number of amides is 1. The number of rotatable bonds is 8. The van der Waals surface area contributed by atoms with Gasteiger partial charge in [0.25, 0.3) is 0 Å². The van der Waals surface area contributed by atoms with Crippen molar-refractivity contribution in [3.05, 3.63) is 28.7 Å². The second-order valence-corrected chi connectivity index (χ2v) is 5.05. The fraction of sp³-hybridized carbons (Fsp3) is 0.462. The molecule has 1 amide bonds. The molecule has 5 nitrogen and oxygen atoms in total. The Labute approximate surface area is 121 Å². The van der Waals surface area contributed by atoms with Crippen LogP contribution in [0.15, 0.2) is 28.7 Å². The van der Waals surface area contributed by atoms with E-state index in [9.17, 15) is 4.79 Å². The van der Waals surface area contributed by atoms with Gasteiger partial charge < -0.3 is 15.5 Å². The number of hydrogen-bond donors (Lipinski definition) is 3. The number of halogens is 1. The lowest BCUT2D eigenvalue weighted by atomic mass is 10.3. The quantitative estimate of drug-likeness (QED) is 0.666. The number of nitrogens with zero attached hydrogens (tertiary/aromatic N) is 1. The van der Waals surface area contributed by atoms with Crippen LogP contribution < -0.4 is 5.32 Å². The summed E-state index contributed by atoms with van der Waals surface area (Å²) in [4.78, 5) is 13.6. The maximum atomic E-state index is 11.8. The fourth-order valence-electron chi connectivity index (χ4n) is 1.64. The van der Waals surface area contributed by atoms with Crippen LogP contribution in [-0.4, -0.2) is 53.9 Å². The first kappa shape index (κ1) is 16.1. The predicted molar refractivity (Wildman–Crippen MR) is 78.0 cm³/mol. The van der Waals surface area contributed by atoms with Crippen LogP contribution in [0.1, 0.15) is 6.42 Å². The highest BCUT2D eigenvalue weighted by atomic mass is 79.9. The smallest absolute Gasteiger partial charge is 0.238 e. The molecule has 0 radical (unpaired) electrons. The molecule has 0 saturated carbocycles. The molecule has 0 bridgehead atoms. The number of carbonyl (C=O) groups is 1. The molecule has 0 heterocycles. The molecule has 19 heavy (non-hydrogen) atoms. The number of carbonyl (C=O) groups excluding carboxylic acids is 1. The Hall–Kier alpha value is -0.950. The molecule has 3 N–H and O–H groups in total. The SMILES string of the molecule is O=C(CN(CCO)CCCO)Nc1ccc(Br)cc1. The lowest BCUT2D eigenvalue weighted by Crippen LogP contribution is -2.36. The van der Waals surface area contributed by atoms with E-state index < -0.39 is 0 Å². The standard InChI is InChI=1S/C13H19BrN2O3/c14-11-2-4-12(5-3-11)15-13(19)10-16(7-9-18)6-1-8-17/h2-5,17-18H,1,6-10H2,(H,15,19). The van der Waals surface area contributed by atoms with E-state index >= 15 is 0 Å². The molecule has 0 aliphatic rings. The minimum absolute atomic E-state index is 0.00298. The highest BCUT2D eigenvalue weighted by Gasteiger charge is 2.10. The zero-order chi connectivity index (χ0) is 14.1. The van der Waals surface area contributed by atoms with Crippen molar-refractivity contribution < 1.29 is 15.0 Å². The van der Waals surface area contributed by atoms with Gasteiger partial charge in [-0.25, -0.2) is 0 Å². The molecular weight excluding hydrogens is 312 g/mol. The Kier molecular flexibility index (Phi) is 7.66. The van der Waals surface area contributed by atoms with Crippen molar-refractivity contribution in [2.45, 2.75) is 6.42 Å². The molecule has 0 fully saturated rings. The number of benzene rings is 1. The Bertz CT molecular complexity index is 384. The molecule has 0 aliphatic carbocycles. The largest absolute Gasteiger partial charge is 0.396 e. The maximum absolute atomic E-state index is 11.8. The van der Waals surface area contributed by atoms with Crippen LogP contribution in [0.25, 0.3) is 0 Å². The van der Waals surface area contributed by atoms with E-state index in [-0.39, 0.29) is 25.7 Å². The molecule has 1 aromatic carbocycles. The van der Waals surface area contributed by atoms with E-state index in [1.807, 2.05) is 29.2 Å². The highest BCUT2D eigenvalue weighted by Crippen LogP contribution is 2.13. The average molecular weight is 331 g/mol. The van der Waals surface area contributed by atoms with Gasteiger partial charge in [0.2, 0.25) is 5.91 Å². The summed E-state index contributed by atoms with van der Waals surface area (Å²) in [6.07, 6.45) is 0.589. The van der Waals surface area contributed by atoms with Gasteiger partial charge in [0.15, 0.2) is 0 Å². The first-order valence-corrected chi connectivity index (χ1v) is 6.94. The minimum Gasteiger partial charge on any atom is -0.396 e. The Morgan fingerprint density at radius 3 is 2.42 bits per heavy atom. The van der Waals surface area contributed by atoms with Crippen LogP contribution in [-0.2, 0) is 4.79 Å². The van der Waals surface area contributed by atoms with Gasteiger partial charge in [-0.15, -0.1) is 0 Å². The van der Waals surface area contributed by atoms with E-state index in [0.717, 1.165) is 10.2 Å². The van der Waals surface area contributed by atoms with Crippen LogP contribution >= 0.6 is 15.9 Å². The molecular formula is C13H19BrN2O3. The van der Waals surface area contributed by atoms with Gasteiger partial charge in [-0.2, -0.15) is 0 Å². The second kappa shape index (κ2) is 9.03. The van der Waals surface area contributed by atoms with Gasteiger partial charge in [0.05, 0.1) is 13.2 Å². The van der Waals surface area contributed by atoms with Crippen molar-refractivity contribution in [2.75, 3.05) is 38.2 Å². The Morgan fingerprint density at radius 1 is 1.16 bits per heavy atom. The third-order valence-corrected chi connectivity index (χ3v) is 3.07. The van der Waals surface area contributed by atoms with Crippen molar-refractivity contribution in [3.63, 3.8) is 0 Å². The highest BCUT2D eigenvalue weighted by molar-refractivity contribution is 9.10. The lowest BCUT2D eigenvalue weighted by Gasteiger charge is -2.20. The van der Waals surface area contributed by atoms with Gasteiger partial charge >= 0.3 is 0 Å². The molecule has 0 unspecified atom stereocenters. The molecule has 0 spiro atoms. The number of aliphatic hydroxyl groups excluding tert-OH is 2. The van der Waals surface area contributed by atoms with E-state index in [2.05, 4.69) is 21.2 Å². The molecule has 1 rings (SSSR count). The Balaban J connectivity index is 2.45. The van der Waals surface area contributed by atoms with Crippen LogP contribution in [0.3, 0.4) is 0 Å². The van der Waals surface area contributed by atoms with Crippen molar-refractivity contribution in [2.24, 2.45) is 0 Å². The summed E-state index contributed by atoms with van der Waals surface area (Å²) >= 11 is 3.33. The summed E-state index contributed by atoms with van der Waals surface area (Å²) in [7, 11) is 0. The summed E-state index contributed by atoms with van der Waals surface area (Å²) in [6, 6.07) is 7.33. The van der Waals surface area contributed by atoms with Gasteiger partial charge in [0, 0.05) is 29.9 Å². The molecule has 0 aliphatic heterocycles. The third kappa shape index (κ3) is 6.68. The molecule has 0 atom stereocenters. The van der Waals surface area contributed by atoms with E-state index in [1.165, 1.54) is 0 Å². The molecule has 106 valence electrons. The van der Waals surface area contributed by atoms with Crippen LogP contribution in [0.2, 0.25) is 0 Å². The number of aliphatic hydroxyl groups is 2. The first-order valence-electron chi connectivity index (χ1n) is 6.15. The Morgan fingerprint density at radius 2 is 1.84 bits per heavy atom. The second-order valence-electron chi connectivity index (χ2n) is 4.13.